The van der Waals surface area contributed by atoms with E-state index in [9.17, 15) is 5.26 Å². The summed E-state index contributed by atoms with van der Waals surface area (Å²) in [6, 6.07) is 11.8. The number of methoxy groups -OCH3 is 3. The van der Waals surface area contributed by atoms with Crippen molar-refractivity contribution in [2.24, 2.45) is 12.8 Å². The first-order valence-electron chi connectivity index (χ1n) is 8.99. The summed E-state index contributed by atoms with van der Waals surface area (Å²) in [4.78, 5) is 0. The maximum atomic E-state index is 9.83. The average molecular weight is 391 g/mol. The normalized spacial score (nSPS) is 15.5. The van der Waals surface area contributed by atoms with Crippen LogP contribution in [-0.4, -0.2) is 25.9 Å². The van der Waals surface area contributed by atoms with E-state index in [4.69, 9.17) is 24.7 Å². The zero-order valence-electron chi connectivity index (χ0n) is 16.6. The molecule has 0 fully saturated rings. The van der Waals surface area contributed by atoms with Crippen molar-refractivity contribution < 1.29 is 18.9 Å². The van der Waals surface area contributed by atoms with E-state index < -0.39 is 5.92 Å². The van der Waals surface area contributed by atoms with Crippen LogP contribution in [0, 0.1) is 11.3 Å². The summed E-state index contributed by atoms with van der Waals surface area (Å²) >= 11 is 0. The Bertz CT molecular complexity index is 1160. The van der Waals surface area contributed by atoms with Crippen molar-refractivity contribution in [2.45, 2.75) is 5.92 Å². The van der Waals surface area contributed by atoms with Crippen molar-refractivity contribution in [1.29, 1.82) is 5.26 Å². The maximum absolute atomic E-state index is 9.83. The SMILES string of the molecule is COc1cc(C2C(C#N)=C(N)Oc3c2ccc2c3ccn2C)cc(OC)c1OC. The van der Waals surface area contributed by atoms with Gasteiger partial charge in [-0.2, -0.15) is 5.26 Å². The number of benzene rings is 2. The van der Waals surface area contributed by atoms with E-state index >= 15 is 0 Å². The first-order chi connectivity index (χ1) is 14.0. The Morgan fingerprint density at radius 1 is 1.07 bits per heavy atom. The van der Waals surface area contributed by atoms with E-state index in [1.807, 2.05) is 48.1 Å². The summed E-state index contributed by atoms with van der Waals surface area (Å²) in [6.07, 6.45) is 1.96. The molecular weight excluding hydrogens is 370 g/mol. The monoisotopic (exact) mass is 391 g/mol. The first kappa shape index (κ1) is 18.6. The van der Waals surface area contributed by atoms with Crippen LogP contribution in [0.5, 0.6) is 23.0 Å². The fourth-order valence-electron chi connectivity index (χ4n) is 3.88. The van der Waals surface area contributed by atoms with E-state index in [-0.39, 0.29) is 5.88 Å². The van der Waals surface area contributed by atoms with E-state index in [1.54, 1.807) is 21.3 Å². The van der Waals surface area contributed by atoms with Crippen LogP contribution in [0.15, 0.2) is 48.0 Å². The lowest BCUT2D eigenvalue weighted by Crippen LogP contribution is -2.21. The van der Waals surface area contributed by atoms with Gasteiger partial charge >= 0.3 is 0 Å². The van der Waals surface area contributed by atoms with Gasteiger partial charge in [0.25, 0.3) is 0 Å². The van der Waals surface area contributed by atoms with Crippen molar-refractivity contribution >= 4 is 10.9 Å². The number of nitrogens with two attached hydrogens (primary N) is 1. The molecule has 29 heavy (non-hydrogen) atoms. The maximum Gasteiger partial charge on any atom is 0.205 e. The number of hydrogen-bond donors (Lipinski definition) is 1. The Morgan fingerprint density at radius 2 is 1.76 bits per heavy atom. The number of allylic oxidation sites excluding steroid dienone is 1. The van der Waals surface area contributed by atoms with Crippen LogP contribution in [0.4, 0.5) is 0 Å². The van der Waals surface area contributed by atoms with Crippen molar-refractivity contribution in [3.63, 3.8) is 0 Å². The summed E-state index contributed by atoms with van der Waals surface area (Å²) in [7, 11) is 6.63. The van der Waals surface area contributed by atoms with Crippen molar-refractivity contribution in [3.8, 4) is 29.1 Å². The first-order valence-corrected chi connectivity index (χ1v) is 8.99. The van der Waals surface area contributed by atoms with E-state index in [1.165, 1.54) is 0 Å². The van der Waals surface area contributed by atoms with Gasteiger partial charge in [-0.15, -0.1) is 0 Å². The molecule has 0 radical (unpaired) electrons. The molecule has 0 amide bonds. The highest BCUT2D eigenvalue weighted by Gasteiger charge is 2.33. The molecule has 1 aliphatic rings. The summed E-state index contributed by atoms with van der Waals surface area (Å²) in [6.45, 7) is 0. The van der Waals surface area contributed by atoms with E-state index in [0.29, 0.717) is 28.6 Å². The van der Waals surface area contributed by atoms with Crippen molar-refractivity contribution in [2.75, 3.05) is 21.3 Å². The predicted molar refractivity (Wildman–Crippen MR) is 108 cm³/mol. The minimum atomic E-state index is -0.429. The van der Waals surface area contributed by atoms with E-state index in [0.717, 1.165) is 22.0 Å². The second-order valence-electron chi connectivity index (χ2n) is 6.73. The Balaban J connectivity index is 2.01. The minimum absolute atomic E-state index is 0.0927. The van der Waals surface area contributed by atoms with Crippen LogP contribution in [0.3, 0.4) is 0 Å². The summed E-state index contributed by atoms with van der Waals surface area (Å²) in [5.41, 5.74) is 9.16. The van der Waals surface area contributed by atoms with Gasteiger partial charge in [-0.3, -0.25) is 0 Å². The van der Waals surface area contributed by atoms with Gasteiger partial charge in [0.05, 0.1) is 32.8 Å². The third-order valence-corrected chi connectivity index (χ3v) is 5.27. The molecule has 2 heterocycles. The second kappa shape index (κ2) is 6.99. The molecule has 148 valence electrons. The molecule has 1 aromatic heterocycles. The van der Waals surface area contributed by atoms with Crippen LogP contribution in [0.25, 0.3) is 10.9 Å². The van der Waals surface area contributed by atoms with Gasteiger partial charge in [-0.25, -0.2) is 0 Å². The fraction of sp³-hybridized carbons (Fsp3) is 0.227. The molecule has 1 aliphatic heterocycles. The van der Waals surface area contributed by atoms with Crippen LogP contribution in [0.2, 0.25) is 0 Å². The number of ether oxygens (including phenoxy) is 4. The molecule has 2 N–H and O–H groups in total. The third-order valence-electron chi connectivity index (χ3n) is 5.27. The second-order valence-corrected chi connectivity index (χ2v) is 6.73. The van der Waals surface area contributed by atoms with Crippen LogP contribution in [-0.2, 0) is 7.05 Å². The Kier molecular flexibility index (Phi) is 4.47. The fourth-order valence-corrected chi connectivity index (χ4v) is 3.88. The van der Waals surface area contributed by atoms with Crippen molar-refractivity contribution in [1.82, 2.24) is 4.57 Å². The Labute approximate surface area is 168 Å². The summed E-state index contributed by atoms with van der Waals surface area (Å²) < 4.78 is 24.3. The molecule has 2 aromatic carbocycles. The number of nitrogens with zero attached hydrogens (tertiary/aromatic N) is 2. The molecule has 0 spiro atoms. The highest BCUT2D eigenvalue weighted by atomic mass is 16.5. The van der Waals surface area contributed by atoms with Gasteiger partial charge in [0.15, 0.2) is 11.5 Å². The standard InChI is InChI=1S/C22H21N3O4/c1-25-8-7-13-16(25)6-5-14-19(15(11-23)22(24)29-20(13)14)12-9-17(26-2)21(28-4)18(10-12)27-3/h5-10,19H,24H2,1-4H3. The minimum Gasteiger partial charge on any atom is -0.493 e. The highest BCUT2D eigenvalue weighted by molar-refractivity contribution is 5.89. The van der Waals surface area contributed by atoms with Gasteiger partial charge < -0.3 is 29.2 Å². The molecule has 1 unspecified atom stereocenters. The number of aromatic nitrogens is 1. The lowest BCUT2D eigenvalue weighted by molar-refractivity contribution is 0.323. The third kappa shape index (κ3) is 2.72. The van der Waals surface area contributed by atoms with Crippen LogP contribution in [0.1, 0.15) is 17.0 Å². The summed E-state index contributed by atoms with van der Waals surface area (Å²) in [5.74, 6) is 1.81. The molecule has 0 saturated heterocycles. The quantitative estimate of drug-likeness (QED) is 0.733. The van der Waals surface area contributed by atoms with Gasteiger partial charge in [0, 0.05) is 24.2 Å². The van der Waals surface area contributed by atoms with Gasteiger partial charge in [-0.05, 0) is 29.8 Å². The number of hydrogen-bond acceptors (Lipinski definition) is 6. The number of rotatable bonds is 4. The number of aryl methyl sites for hydroxylation is 1. The molecule has 0 bridgehead atoms. The van der Waals surface area contributed by atoms with Crippen LogP contribution >= 0.6 is 0 Å². The smallest absolute Gasteiger partial charge is 0.205 e. The average Bonchev–Trinajstić information content (AvgIpc) is 3.12. The van der Waals surface area contributed by atoms with Crippen LogP contribution < -0.4 is 24.7 Å². The largest absolute Gasteiger partial charge is 0.493 e. The van der Waals surface area contributed by atoms with E-state index in [2.05, 4.69) is 6.07 Å². The molecular formula is C22H21N3O4. The summed E-state index contributed by atoms with van der Waals surface area (Å²) in [5, 5.41) is 10.8. The molecule has 4 rings (SSSR count). The van der Waals surface area contributed by atoms with Crippen molar-refractivity contribution in [3.05, 3.63) is 59.1 Å². The lowest BCUT2D eigenvalue weighted by atomic mass is 9.82. The highest BCUT2D eigenvalue weighted by Crippen LogP contribution is 2.48. The molecule has 3 aromatic rings. The molecule has 1 atom stereocenters. The van der Waals surface area contributed by atoms with Gasteiger partial charge in [0.2, 0.25) is 11.6 Å². The molecule has 0 saturated carbocycles. The number of nitriles is 1. The Hall–Kier alpha value is -3.79. The zero-order chi connectivity index (χ0) is 20.7. The molecule has 7 heteroatoms. The predicted octanol–water partition coefficient (Wildman–Crippen LogP) is 3.42. The zero-order valence-corrected chi connectivity index (χ0v) is 16.6. The topological polar surface area (TPSA) is 91.7 Å². The lowest BCUT2D eigenvalue weighted by Gasteiger charge is -2.28. The Morgan fingerprint density at radius 3 is 2.34 bits per heavy atom. The molecule has 0 aliphatic carbocycles. The van der Waals surface area contributed by atoms with Gasteiger partial charge in [0.1, 0.15) is 17.4 Å². The molecule has 7 nitrogen and oxygen atoms in total. The van der Waals surface area contributed by atoms with Gasteiger partial charge in [-0.1, -0.05) is 6.07 Å². The number of fused-ring (bicyclic) bond motifs is 3.